The molecule has 2 aromatic carbocycles. The van der Waals surface area contributed by atoms with E-state index in [0.717, 1.165) is 11.3 Å². The lowest BCUT2D eigenvalue weighted by Gasteiger charge is -2.12. The van der Waals surface area contributed by atoms with E-state index in [1.807, 2.05) is 31.2 Å². The number of thioether (sulfide) groups is 1. The molecule has 0 fully saturated rings. The lowest BCUT2D eigenvalue weighted by Crippen LogP contribution is -2.22. The molecule has 128 valence electrons. The summed E-state index contributed by atoms with van der Waals surface area (Å²) < 4.78 is 1.62. The van der Waals surface area contributed by atoms with Crippen LogP contribution in [0.15, 0.2) is 53.7 Å². The molecule has 8 heteroatoms. The van der Waals surface area contributed by atoms with Gasteiger partial charge in [-0.15, -0.1) is 5.10 Å². The average molecular weight is 374 g/mol. The van der Waals surface area contributed by atoms with E-state index in [2.05, 4.69) is 20.8 Å². The zero-order valence-electron chi connectivity index (χ0n) is 13.7. The predicted octanol–water partition coefficient (Wildman–Crippen LogP) is 3.74. The Bertz CT molecular complexity index is 881. The Kier molecular flexibility index (Phi) is 5.35. The van der Waals surface area contributed by atoms with Gasteiger partial charge >= 0.3 is 0 Å². The van der Waals surface area contributed by atoms with Crippen LogP contribution >= 0.6 is 23.4 Å². The van der Waals surface area contributed by atoms with Gasteiger partial charge in [-0.25, -0.2) is 0 Å². The van der Waals surface area contributed by atoms with Gasteiger partial charge < -0.3 is 5.32 Å². The quantitative estimate of drug-likeness (QED) is 0.689. The van der Waals surface area contributed by atoms with Crippen molar-refractivity contribution in [2.75, 3.05) is 5.32 Å². The van der Waals surface area contributed by atoms with E-state index in [4.69, 9.17) is 11.6 Å². The van der Waals surface area contributed by atoms with Crippen molar-refractivity contribution in [3.8, 4) is 5.69 Å². The lowest BCUT2D eigenvalue weighted by molar-refractivity contribution is -0.115. The van der Waals surface area contributed by atoms with E-state index in [9.17, 15) is 4.79 Å². The summed E-state index contributed by atoms with van der Waals surface area (Å²) in [6, 6.07) is 14.9. The Labute approximate surface area is 154 Å². The molecule has 6 nitrogen and oxygen atoms in total. The maximum Gasteiger partial charge on any atom is 0.237 e. The van der Waals surface area contributed by atoms with Gasteiger partial charge in [0.25, 0.3) is 0 Å². The number of carbonyl (C=O) groups is 1. The molecule has 0 aliphatic carbocycles. The van der Waals surface area contributed by atoms with Crippen LogP contribution < -0.4 is 5.32 Å². The predicted molar refractivity (Wildman–Crippen MR) is 99.3 cm³/mol. The molecule has 0 aliphatic heterocycles. The highest BCUT2D eigenvalue weighted by Gasteiger charge is 2.19. The second-order valence-corrected chi connectivity index (χ2v) is 7.21. The molecule has 3 rings (SSSR count). The maximum absolute atomic E-state index is 12.4. The topological polar surface area (TPSA) is 72.7 Å². The van der Waals surface area contributed by atoms with Gasteiger partial charge in [0.1, 0.15) is 0 Å². The van der Waals surface area contributed by atoms with E-state index in [-0.39, 0.29) is 11.2 Å². The summed E-state index contributed by atoms with van der Waals surface area (Å²) in [6.07, 6.45) is 0. The second-order valence-electron chi connectivity index (χ2n) is 5.47. The number of anilines is 1. The third kappa shape index (κ3) is 4.37. The first kappa shape index (κ1) is 17.4. The highest BCUT2D eigenvalue weighted by molar-refractivity contribution is 8.00. The minimum Gasteiger partial charge on any atom is -0.325 e. The van der Waals surface area contributed by atoms with E-state index < -0.39 is 0 Å². The highest BCUT2D eigenvalue weighted by Crippen LogP contribution is 2.24. The van der Waals surface area contributed by atoms with Gasteiger partial charge in [-0.05, 0) is 54.6 Å². The highest BCUT2D eigenvalue weighted by atomic mass is 35.5. The van der Waals surface area contributed by atoms with Crippen LogP contribution in [0.2, 0.25) is 5.02 Å². The third-order valence-corrected chi connectivity index (χ3v) is 4.73. The molecule has 0 radical (unpaired) electrons. The number of aromatic nitrogens is 4. The number of benzene rings is 2. The molecule has 25 heavy (non-hydrogen) atoms. The number of nitrogens with zero attached hydrogens (tertiary/aromatic N) is 4. The summed E-state index contributed by atoms with van der Waals surface area (Å²) in [5.74, 6) is -0.147. The van der Waals surface area contributed by atoms with Gasteiger partial charge in [0.05, 0.1) is 10.9 Å². The van der Waals surface area contributed by atoms with E-state index in [0.29, 0.717) is 15.9 Å². The molecule has 0 saturated carbocycles. The SMILES string of the molecule is Cc1ccc(-n2nnnc2SC(C)C(=O)Nc2cccc(Cl)c2)cc1. The van der Waals surface area contributed by atoms with Gasteiger partial charge in [-0.1, -0.05) is 47.1 Å². The molecule has 0 aliphatic rings. The molecule has 1 unspecified atom stereocenters. The molecule has 1 N–H and O–H groups in total. The summed E-state index contributed by atoms with van der Waals surface area (Å²) in [6.45, 7) is 3.82. The number of rotatable bonds is 5. The summed E-state index contributed by atoms with van der Waals surface area (Å²) in [5, 5.41) is 15.3. The van der Waals surface area contributed by atoms with Crippen molar-refractivity contribution in [2.24, 2.45) is 0 Å². The van der Waals surface area contributed by atoms with Crippen molar-refractivity contribution in [1.82, 2.24) is 20.2 Å². The lowest BCUT2D eigenvalue weighted by atomic mass is 10.2. The Balaban J connectivity index is 1.71. The fourth-order valence-corrected chi connectivity index (χ4v) is 3.12. The smallest absolute Gasteiger partial charge is 0.237 e. The van der Waals surface area contributed by atoms with E-state index >= 15 is 0 Å². The second kappa shape index (κ2) is 7.67. The largest absolute Gasteiger partial charge is 0.325 e. The zero-order valence-corrected chi connectivity index (χ0v) is 15.3. The van der Waals surface area contributed by atoms with Crippen molar-refractivity contribution >= 4 is 35.0 Å². The molecule has 1 amide bonds. The number of nitrogens with one attached hydrogen (secondary N) is 1. The average Bonchev–Trinajstić information content (AvgIpc) is 3.03. The summed E-state index contributed by atoms with van der Waals surface area (Å²) in [7, 11) is 0. The first-order chi connectivity index (χ1) is 12.0. The fourth-order valence-electron chi connectivity index (χ4n) is 2.12. The normalized spacial score (nSPS) is 12.0. The first-order valence-electron chi connectivity index (χ1n) is 7.61. The van der Waals surface area contributed by atoms with Gasteiger partial charge in [-0.2, -0.15) is 4.68 Å². The molecular formula is C17H16ClN5OS. The van der Waals surface area contributed by atoms with E-state index in [1.165, 1.54) is 11.8 Å². The Hall–Kier alpha value is -2.38. The van der Waals surface area contributed by atoms with Gasteiger partial charge in [0.2, 0.25) is 11.1 Å². The van der Waals surface area contributed by atoms with Crippen molar-refractivity contribution in [1.29, 1.82) is 0 Å². The first-order valence-corrected chi connectivity index (χ1v) is 8.87. The number of halogens is 1. The molecule has 3 aromatic rings. The van der Waals surface area contributed by atoms with Crippen molar-refractivity contribution in [3.05, 3.63) is 59.1 Å². The molecule has 0 saturated heterocycles. The van der Waals surface area contributed by atoms with Gasteiger partial charge in [0, 0.05) is 10.7 Å². The third-order valence-electron chi connectivity index (χ3n) is 3.46. The minimum absolute atomic E-state index is 0.147. The van der Waals surface area contributed by atoms with Crippen LogP contribution in [0.3, 0.4) is 0 Å². The maximum atomic E-state index is 12.4. The van der Waals surface area contributed by atoms with Gasteiger partial charge in [0.15, 0.2) is 0 Å². The number of carbonyl (C=O) groups excluding carboxylic acids is 1. The van der Waals surface area contributed by atoms with Crippen molar-refractivity contribution in [2.45, 2.75) is 24.3 Å². The van der Waals surface area contributed by atoms with Crippen LogP contribution in [-0.4, -0.2) is 31.4 Å². The minimum atomic E-state index is -0.380. The van der Waals surface area contributed by atoms with Crippen LogP contribution in [0.4, 0.5) is 5.69 Å². The van der Waals surface area contributed by atoms with Crippen molar-refractivity contribution < 1.29 is 4.79 Å². The molecular weight excluding hydrogens is 358 g/mol. The van der Waals surface area contributed by atoms with E-state index in [1.54, 1.807) is 35.9 Å². The van der Waals surface area contributed by atoms with Gasteiger partial charge in [-0.3, -0.25) is 4.79 Å². The number of hydrogen-bond acceptors (Lipinski definition) is 5. The monoisotopic (exact) mass is 373 g/mol. The number of aryl methyl sites for hydroxylation is 1. The Morgan fingerprint density at radius 1 is 1.24 bits per heavy atom. The fraction of sp³-hybridized carbons (Fsp3) is 0.176. The molecule has 1 heterocycles. The van der Waals surface area contributed by atoms with Crippen LogP contribution in [0.1, 0.15) is 12.5 Å². The Morgan fingerprint density at radius 2 is 2.00 bits per heavy atom. The van der Waals surface area contributed by atoms with Crippen molar-refractivity contribution in [3.63, 3.8) is 0 Å². The summed E-state index contributed by atoms with van der Waals surface area (Å²) in [5.41, 5.74) is 2.66. The molecule has 1 atom stereocenters. The standard InChI is InChI=1S/C17H16ClN5OS/c1-11-6-8-15(9-7-11)23-17(20-21-22-23)25-12(2)16(24)19-14-5-3-4-13(18)10-14/h3-10,12H,1-2H3,(H,19,24). The van der Waals surface area contributed by atoms with Crippen LogP contribution in [0, 0.1) is 6.92 Å². The number of hydrogen-bond donors (Lipinski definition) is 1. The number of tetrazole rings is 1. The summed E-state index contributed by atoms with van der Waals surface area (Å²) in [4.78, 5) is 12.4. The van der Waals surface area contributed by atoms with Crippen LogP contribution in [-0.2, 0) is 4.79 Å². The molecule has 0 bridgehead atoms. The summed E-state index contributed by atoms with van der Waals surface area (Å²) >= 11 is 7.23. The van der Waals surface area contributed by atoms with Crippen LogP contribution in [0.5, 0.6) is 0 Å². The number of amides is 1. The zero-order chi connectivity index (χ0) is 17.8. The molecule has 1 aromatic heterocycles. The van der Waals surface area contributed by atoms with Crippen LogP contribution in [0.25, 0.3) is 5.69 Å². The Morgan fingerprint density at radius 3 is 2.72 bits per heavy atom. The molecule has 0 spiro atoms.